The summed E-state index contributed by atoms with van der Waals surface area (Å²) < 4.78 is 14.8. The topological polar surface area (TPSA) is 91.3 Å². The Balaban J connectivity index is 1.32. The van der Waals surface area contributed by atoms with Gasteiger partial charge in [0.05, 0.1) is 12.5 Å². The van der Waals surface area contributed by atoms with Gasteiger partial charge in [0.15, 0.2) is 0 Å². The van der Waals surface area contributed by atoms with Crippen LogP contribution in [0.5, 0.6) is 0 Å². The summed E-state index contributed by atoms with van der Waals surface area (Å²) in [5, 5.41) is 15.4. The van der Waals surface area contributed by atoms with Gasteiger partial charge in [-0.15, -0.1) is 0 Å². The summed E-state index contributed by atoms with van der Waals surface area (Å²) >= 11 is 0. The van der Waals surface area contributed by atoms with Crippen LogP contribution in [0.2, 0.25) is 0 Å². The number of nitrogens with zero attached hydrogens (tertiary/aromatic N) is 1. The van der Waals surface area contributed by atoms with Crippen LogP contribution >= 0.6 is 0 Å². The van der Waals surface area contributed by atoms with Crippen LogP contribution in [-0.4, -0.2) is 28.5 Å². The number of carbonyl (C=O) groups is 2. The maximum absolute atomic E-state index is 14.8. The van der Waals surface area contributed by atoms with E-state index >= 15 is 0 Å². The molecular formula is C28H30FN3O3. The first kappa shape index (κ1) is 24.4. The van der Waals surface area contributed by atoms with E-state index in [9.17, 15) is 19.1 Å². The molecule has 3 N–H and O–H groups in total. The molecule has 4 rings (SSSR count). The Hall–Kier alpha value is -3.74. The van der Waals surface area contributed by atoms with Crippen LogP contribution in [0.4, 0.5) is 10.2 Å². The van der Waals surface area contributed by atoms with E-state index in [0.29, 0.717) is 17.5 Å². The van der Waals surface area contributed by atoms with Crippen LogP contribution in [0.3, 0.4) is 0 Å². The van der Waals surface area contributed by atoms with E-state index in [1.54, 1.807) is 12.1 Å². The number of rotatable bonds is 10. The predicted molar refractivity (Wildman–Crippen MR) is 134 cm³/mol. The maximum Gasteiger partial charge on any atom is 0.305 e. The molecule has 7 heteroatoms. The number of carbonyl (C=O) groups excluding carboxylic acids is 1. The first-order valence-electron chi connectivity index (χ1n) is 12.1. The lowest BCUT2D eigenvalue weighted by atomic mass is 9.98. The second kappa shape index (κ2) is 11.6. The number of benzene rings is 2. The van der Waals surface area contributed by atoms with Gasteiger partial charge in [-0.3, -0.25) is 9.59 Å². The number of nitrogens with one attached hydrogen (secondary N) is 2. The minimum atomic E-state index is -1.06. The summed E-state index contributed by atoms with van der Waals surface area (Å²) in [6.07, 6.45) is 4.34. The number of hydrogen-bond acceptors (Lipinski definition) is 4. The Morgan fingerprint density at radius 1 is 1.09 bits per heavy atom. The smallest absolute Gasteiger partial charge is 0.305 e. The van der Waals surface area contributed by atoms with E-state index in [4.69, 9.17) is 0 Å². The predicted octanol–water partition coefficient (Wildman–Crippen LogP) is 5.29. The van der Waals surface area contributed by atoms with Crippen LogP contribution in [0.15, 0.2) is 60.7 Å². The SMILES string of the molecule is O=C(O)CC(NC(=O)CCCCc1ccc2c(n1)NCCC2)c1ccc(-c2ccccc2)c(F)c1. The average molecular weight is 476 g/mol. The van der Waals surface area contributed by atoms with E-state index in [1.165, 1.54) is 11.6 Å². The zero-order chi connectivity index (χ0) is 24.6. The zero-order valence-electron chi connectivity index (χ0n) is 19.6. The van der Waals surface area contributed by atoms with Crippen molar-refractivity contribution in [1.29, 1.82) is 0 Å². The minimum absolute atomic E-state index is 0.246. The molecule has 3 aromatic rings. The molecule has 0 saturated carbocycles. The van der Waals surface area contributed by atoms with Gasteiger partial charge in [-0.25, -0.2) is 9.37 Å². The van der Waals surface area contributed by atoms with Gasteiger partial charge in [-0.05, 0) is 60.9 Å². The summed E-state index contributed by atoms with van der Waals surface area (Å²) in [5.41, 5.74) is 3.84. The van der Waals surface area contributed by atoms with Gasteiger partial charge in [0.25, 0.3) is 0 Å². The number of aryl methyl sites for hydroxylation is 2. The van der Waals surface area contributed by atoms with E-state index in [1.807, 2.05) is 36.4 Å². The lowest BCUT2D eigenvalue weighted by Gasteiger charge is -2.19. The van der Waals surface area contributed by atoms with Crippen molar-refractivity contribution in [3.05, 3.63) is 83.3 Å². The molecule has 1 aliphatic heterocycles. The molecule has 6 nitrogen and oxygen atoms in total. The third-order valence-corrected chi connectivity index (χ3v) is 6.23. The van der Waals surface area contributed by atoms with Crippen LogP contribution < -0.4 is 10.6 Å². The third kappa shape index (κ3) is 6.66. The van der Waals surface area contributed by atoms with Crippen molar-refractivity contribution in [2.45, 2.75) is 51.0 Å². The normalized spacial score (nSPS) is 13.4. The highest BCUT2D eigenvalue weighted by molar-refractivity contribution is 5.78. The first-order valence-corrected chi connectivity index (χ1v) is 12.1. The number of halogens is 1. The number of aliphatic carboxylic acids is 1. The average Bonchev–Trinajstić information content (AvgIpc) is 2.86. The molecule has 0 bridgehead atoms. The number of carboxylic acid groups (broad SMARTS) is 1. The minimum Gasteiger partial charge on any atom is -0.481 e. The largest absolute Gasteiger partial charge is 0.481 e. The van der Waals surface area contributed by atoms with E-state index < -0.39 is 17.8 Å². The lowest BCUT2D eigenvalue weighted by Crippen LogP contribution is -2.30. The van der Waals surface area contributed by atoms with Crippen molar-refractivity contribution in [3.8, 4) is 11.1 Å². The summed E-state index contributed by atoms with van der Waals surface area (Å²) in [5.74, 6) is -0.794. The molecule has 0 aliphatic carbocycles. The molecule has 1 amide bonds. The number of pyridine rings is 1. The fraction of sp³-hybridized carbons (Fsp3) is 0.321. The highest BCUT2D eigenvalue weighted by Gasteiger charge is 2.20. The first-order chi connectivity index (χ1) is 17.0. The van der Waals surface area contributed by atoms with Crippen LogP contribution in [-0.2, 0) is 22.4 Å². The van der Waals surface area contributed by atoms with E-state index in [0.717, 1.165) is 49.3 Å². The van der Waals surface area contributed by atoms with Crippen molar-refractivity contribution in [2.24, 2.45) is 0 Å². The Labute approximate surface area is 204 Å². The molecule has 2 aromatic carbocycles. The molecule has 35 heavy (non-hydrogen) atoms. The number of amides is 1. The van der Waals surface area contributed by atoms with Gasteiger partial charge >= 0.3 is 5.97 Å². The number of carboxylic acids is 1. The monoisotopic (exact) mass is 475 g/mol. The lowest BCUT2D eigenvalue weighted by molar-refractivity contribution is -0.137. The van der Waals surface area contributed by atoms with Gasteiger partial charge < -0.3 is 15.7 Å². The summed E-state index contributed by atoms with van der Waals surface area (Å²) in [6.45, 7) is 0.944. The number of anilines is 1. The summed E-state index contributed by atoms with van der Waals surface area (Å²) in [7, 11) is 0. The quantitative estimate of drug-likeness (QED) is 0.347. The van der Waals surface area contributed by atoms with Gasteiger partial charge in [0.1, 0.15) is 11.6 Å². The molecule has 0 saturated heterocycles. The molecule has 2 heterocycles. The summed E-state index contributed by atoms with van der Waals surface area (Å²) in [4.78, 5) is 28.6. The molecular weight excluding hydrogens is 445 g/mol. The second-order valence-electron chi connectivity index (χ2n) is 8.87. The fourth-order valence-corrected chi connectivity index (χ4v) is 4.39. The third-order valence-electron chi connectivity index (χ3n) is 6.23. The number of unbranched alkanes of at least 4 members (excludes halogenated alkanes) is 1. The number of fused-ring (bicyclic) bond motifs is 1. The summed E-state index contributed by atoms with van der Waals surface area (Å²) in [6, 6.07) is 17.1. The van der Waals surface area contributed by atoms with Crippen molar-refractivity contribution in [1.82, 2.24) is 10.3 Å². The molecule has 182 valence electrons. The van der Waals surface area contributed by atoms with Crippen molar-refractivity contribution >= 4 is 17.7 Å². The van der Waals surface area contributed by atoms with Gasteiger partial charge in [-0.1, -0.05) is 48.5 Å². The van der Waals surface area contributed by atoms with Gasteiger partial charge in [0, 0.05) is 24.2 Å². The Bertz CT molecular complexity index is 1180. The Morgan fingerprint density at radius 3 is 2.69 bits per heavy atom. The second-order valence-corrected chi connectivity index (χ2v) is 8.87. The van der Waals surface area contributed by atoms with Crippen LogP contribution in [0.1, 0.15) is 55.0 Å². The van der Waals surface area contributed by atoms with Crippen LogP contribution in [0, 0.1) is 5.82 Å². The molecule has 0 fully saturated rings. The Morgan fingerprint density at radius 2 is 1.91 bits per heavy atom. The van der Waals surface area contributed by atoms with Gasteiger partial charge in [0.2, 0.25) is 5.91 Å². The molecule has 0 radical (unpaired) electrons. The number of hydrogen-bond donors (Lipinski definition) is 3. The number of aromatic nitrogens is 1. The Kier molecular flexibility index (Phi) is 8.08. The van der Waals surface area contributed by atoms with Crippen LogP contribution in [0.25, 0.3) is 11.1 Å². The highest BCUT2D eigenvalue weighted by atomic mass is 19.1. The molecule has 1 unspecified atom stereocenters. The zero-order valence-corrected chi connectivity index (χ0v) is 19.6. The van der Waals surface area contributed by atoms with Crippen molar-refractivity contribution in [3.63, 3.8) is 0 Å². The highest BCUT2D eigenvalue weighted by Crippen LogP contribution is 2.27. The fourth-order valence-electron chi connectivity index (χ4n) is 4.39. The standard InChI is InChI=1S/C28H30FN3O3/c29-24-17-21(13-15-23(24)19-7-2-1-3-8-19)25(18-27(34)35)32-26(33)11-5-4-10-22-14-12-20-9-6-16-30-28(20)31-22/h1-3,7-8,12-15,17,25H,4-6,9-11,16,18H2,(H,30,31)(H,32,33)(H,34,35). The maximum atomic E-state index is 14.8. The molecule has 1 atom stereocenters. The van der Waals surface area contributed by atoms with Crippen molar-refractivity contribution < 1.29 is 19.1 Å². The molecule has 0 spiro atoms. The molecule has 1 aromatic heterocycles. The van der Waals surface area contributed by atoms with E-state index in [2.05, 4.69) is 21.7 Å². The van der Waals surface area contributed by atoms with Gasteiger partial charge in [-0.2, -0.15) is 0 Å². The van der Waals surface area contributed by atoms with Crippen molar-refractivity contribution in [2.75, 3.05) is 11.9 Å². The van der Waals surface area contributed by atoms with E-state index in [-0.39, 0.29) is 18.7 Å². The molecule has 1 aliphatic rings.